The second kappa shape index (κ2) is 6.64. The van der Waals surface area contributed by atoms with Gasteiger partial charge in [-0.25, -0.2) is 0 Å². The van der Waals surface area contributed by atoms with Crippen LogP contribution in [0.1, 0.15) is 47.0 Å². The fourth-order valence-electron chi connectivity index (χ4n) is 1.01. The minimum atomic E-state index is 0.238. The largest absolute Gasteiger partial charge is 0.300 e. The third-order valence-corrected chi connectivity index (χ3v) is 1.83. The molecule has 0 aliphatic rings. The predicted molar refractivity (Wildman–Crippen MR) is 57.7 cm³/mol. The fraction of sp³-hybridized carbons (Fsp3) is 0.583. The van der Waals surface area contributed by atoms with Crippen molar-refractivity contribution >= 4 is 5.78 Å². The zero-order valence-electron chi connectivity index (χ0n) is 9.18. The maximum atomic E-state index is 10.7. The Morgan fingerprint density at radius 2 is 1.69 bits per heavy atom. The first-order valence-electron chi connectivity index (χ1n) is 4.81. The van der Waals surface area contributed by atoms with Gasteiger partial charge in [0.25, 0.3) is 0 Å². The summed E-state index contributed by atoms with van der Waals surface area (Å²) in [6.07, 6.45) is 6.99. The Kier molecular flexibility index (Phi) is 6.21. The molecule has 0 bridgehead atoms. The van der Waals surface area contributed by atoms with Crippen LogP contribution in [0.3, 0.4) is 0 Å². The van der Waals surface area contributed by atoms with Crippen LogP contribution in [-0.4, -0.2) is 5.78 Å². The maximum absolute atomic E-state index is 10.7. The van der Waals surface area contributed by atoms with Crippen LogP contribution in [0.15, 0.2) is 23.3 Å². The quantitative estimate of drug-likeness (QED) is 0.590. The zero-order chi connectivity index (χ0) is 10.3. The van der Waals surface area contributed by atoms with Gasteiger partial charge in [0, 0.05) is 6.42 Å². The smallest absolute Gasteiger partial charge is 0.133 e. The molecule has 1 heteroatoms. The molecule has 0 atom stereocenters. The molecule has 0 fully saturated rings. The van der Waals surface area contributed by atoms with Gasteiger partial charge in [-0.1, -0.05) is 23.3 Å². The molecule has 0 rings (SSSR count). The molecule has 0 N–H and O–H groups in total. The number of hydrogen-bond donors (Lipinski definition) is 0. The lowest BCUT2D eigenvalue weighted by molar-refractivity contribution is -0.116. The van der Waals surface area contributed by atoms with E-state index in [9.17, 15) is 4.79 Å². The van der Waals surface area contributed by atoms with E-state index in [1.165, 1.54) is 11.1 Å². The van der Waals surface area contributed by atoms with Crippen LogP contribution >= 0.6 is 0 Å². The second-order valence-electron chi connectivity index (χ2n) is 3.78. The molecule has 0 heterocycles. The molecule has 0 saturated carbocycles. The first kappa shape index (κ1) is 12.2. The van der Waals surface area contributed by atoms with Gasteiger partial charge in [0.1, 0.15) is 5.78 Å². The molecule has 0 aromatic heterocycles. The van der Waals surface area contributed by atoms with Crippen LogP contribution in [0.25, 0.3) is 0 Å². The average molecular weight is 180 g/mol. The summed E-state index contributed by atoms with van der Waals surface area (Å²) in [5.74, 6) is 0.238. The van der Waals surface area contributed by atoms with Crippen molar-refractivity contribution in [3.63, 3.8) is 0 Å². The van der Waals surface area contributed by atoms with Crippen LogP contribution in [0.4, 0.5) is 0 Å². The highest BCUT2D eigenvalue weighted by molar-refractivity contribution is 5.77. The van der Waals surface area contributed by atoms with Crippen molar-refractivity contribution in [2.24, 2.45) is 0 Å². The topological polar surface area (TPSA) is 17.1 Å². The van der Waals surface area contributed by atoms with Gasteiger partial charge >= 0.3 is 0 Å². The summed E-state index contributed by atoms with van der Waals surface area (Å²) < 4.78 is 0. The zero-order valence-corrected chi connectivity index (χ0v) is 9.18. The first-order valence-corrected chi connectivity index (χ1v) is 4.81. The van der Waals surface area contributed by atoms with E-state index in [2.05, 4.69) is 26.8 Å². The fourth-order valence-corrected chi connectivity index (χ4v) is 1.01. The molecular weight excluding hydrogens is 160 g/mol. The van der Waals surface area contributed by atoms with Crippen molar-refractivity contribution in [3.8, 4) is 0 Å². The van der Waals surface area contributed by atoms with E-state index < -0.39 is 0 Å². The summed E-state index contributed by atoms with van der Waals surface area (Å²) in [6.45, 7) is 7.92. The summed E-state index contributed by atoms with van der Waals surface area (Å²) >= 11 is 0. The Hall–Kier alpha value is -0.850. The monoisotopic (exact) mass is 180 g/mol. The Morgan fingerprint density at radius 3 is 2.15 bits per heavy atom. The molecule has 0 radical (unpaired) electrons. The molecule has 0 aromatic rings. The van der Waals surface area contributed by atoms with Crippen molar-refractivity contribution in [2.45, 2.75) is 47.0 Å². The van der Waals surface area contributed by atoms with Crippen molar-refractivity contribution in [1.29, 1.82) is 0 Å². The molecule has 0 aliphatic heterocycles. The molecular formula is C12H20O. The van der Waals surface area contributed by atoms with Crippen molar-refractivity contribution in [1.82, 2.24) is 0 Å². The molecule has 1 nitrogen and oxygen atoms in total. The minimum absolute atomic E-state index is 0.238. The lowest BCUT2D eigenvalue weighted by atomic mass is 10.1. The predicted octanol–water partition coefficient (Wildman–Crippen LogP) is 3.66. The van der Waals surface area contributed by atoms with E-state index in [4.69, 9.17) is 0 Å². The molecule has 74 valence electrons. The summed E-state index contributed by atoms with van der Waals surface area (Å²) in [5, 5.41) is 0. The second-order valence-corrected chi connectivity index (χ2v) is 3.78. The highest BCUT2D eigenvalue weighted by Gasteiger charge is 1.91. The molecule has 0 spiro atoms. The third-order valence-electron chi connectivity index (χ3n) is 1.83. The van der Waals surface area contributed by atoms with Crippen LogP contribution in [0, 0.1) is 0 Å². The molecule has 0 unspecified atom stereocenters. The van der Waals surface area contributed by atoms with Gasteiger partial charge in [-0.15, -0.1) is 0 Å². The highest BCUT2D eigenvalue weighted by atomic mass is 16.1. The van der Waals surface area contributed by atoms with Crippen LogP contribution in [-0.2, 0) is 4.79 Å². The number of Topliss-reactive ketones (excluding diaryl/α,β-unsaturated/α-hetero) is 1. The Labute approximate surface area is 81.5 Å². The summed E-state index contributed by atoms with van der Waals surface area (Å²) in [5.41, 5.74) is 2.67. The molecule has 0 aliphatic carbocycles. The summed E-state index contributed by atoms with van der Waals surface area (Å²) in [4.78, 5) is 10.7. The van der Waals surface area contributed by atoms with E-state index in [0.717, 1.165) is 12.8 Å². The number of rotatable bonds is 5. The third kappa shape index (κ3) is 9.06. The first-order chi connectivity index (χ1) is 6.02. The van der Waals surface area contributed by atoms with E-state index >= 15 is 0 Å². The van der Waals surface area contributed by atoms with Gasteiger partial charge in [0.05, 0.1) is 0 Å². The van der Waals surface area contributed by atoms with Gasteiger partial charge < -0.3 is 0 Å². The van der Waals surface area contributed by atoms with Crippen LogP contribution in [0.5, 0.6) is 0 Å². The van der Waals surface area contributed by atoms with Crippen molar-refractivity contribution in [3.05, 3.63) is 23.3 Å². The van der Waals surface area contributed by atoms with E-state index in [1.807, 2.05) is 6.08 Å². The average Bonchev–Trinajstić information content (AvgIpc) is 2.00. The Balaban J connectivity index is 3.73. The van der Waals surface area contributed by atoms with Gasteiger partial charge in [-0.05, 0) is 40.5 Å². The normalized spacial score (nSPS) is 11.2. The van der Waals surface area contributed by atoms with Gasteiger partial charge in [-0.3, -0.25) is 4.79 Å². The Morgan fingerprint density at radius 1 is 1.08 bits per heavy atom. The van der Waals surface area contributed by atoms with Crippen molar-refractivity contribution in [2.75, 3.05) is 0 Å². The number of hydrogen-bond acceptors (Lipinski definition) is 1. The SMILES string of the molecule is CC(=O)C/C=C(\C)CCC=C(C)C. The summed E-state index contributed by atoms with van der Waals surface area (Å²) in [6, 6.07) is 0. The number of carbonyl (C=O) groups excluding carboxylic acids is 1. The van der Waals surface area contributed by atoms with E-state index in [-0.39, 0.29) is 5.78 Å². The molecule has 13 heavy (non-hydrogen) atoms. The summed E-state index contributed by atoms with van der Waals surface area (Å²) in [7, 11) is 0. The molecule has 0 amide bonds. The lowest BCUT2D eigenvalue weighted by Crippen LogP contribution is -1.86. The molecule has 0 saturated heterocycles. The van der Waals surface area contributed by atoms with Gasteiger partial charge in [0.2, 0.25) is 0 Å². The maximum Gasteiger partial charge on any atom is 0.133 e. The van der Waals surface area contributed by atoms with Gasteiger partial charge in [-0.2, -0.15) is 0 Å². The van der Waals surface area contributed by atoms with Gasteiger partial charge in [0.15, 0.2) is 0 Å². The van der Waals surface area contributed by atoms with E-state index in [0.29, 0.717) is 6.42 Å². The number of carbonyl (C=O) groups is 1. The van der Waals surface area contributed by atoms with Crippen LogP contribution in [0.2, 0.25) is 0 Å². The Bertz CT molecular complexity index is 217. The van der Waals surface area contributed by atoms with Crippen LogP contribution < -0.4 is 0 Å². The van der Waals surface area contributed by atoms with Crippen molar-refractivity contribution < 1.29 is 4.79 Å². The number of allylic oxidation sites excluding steroid dienone is 4. The number of ketones is 1. The minimum Gasteiger partial charge on any atom is -0.300 e. The lowest BCUT2D eigenvalue weighted by Gasteiger charge is -1.97. The van der Waals surface area contributed by atoms with E-state index in [1.54, 1.807) is 6.92 Å². The molecule has 0 aromatic carbocycles. The highest BCUT2D eigenvalue weighted by Crippen LogP contribution is 2.07. The standard InChI is InChI=1S/C12H20O/c1-10(2)6-5-7-11(3)8-9-12(4)13/h6,8H,5,7,9H2,1-4H3/b11-8+.